The first kappa shape index (κ1) is 38.8. The maximum atomic E-state index is 2.56. The molecule has 2 aliphatic heterocycles. The van der Waals surface area contributed by atoms with Gasteiger partial charge in [-0.3, -0.25) is 0 Å². The molecule has 6 aromatic rings. The molecule has 2 aliphatic rings. The second-order valence-electron chi connectivity index (χ2n) is 21.0. The molecule has 0 fully saturated rings. The Morgan fingerprint density at radius 3 is 1.04 bits per heavy atom. The lowest BCUT2D eigenvalue weighted by atomic mass is 9.33. The number of nitrogens with zero attached hydrogens (tertiary/aromatic N) is 2. The summed E-state index contributed by atoms with van der Waals surface area (Å²) < 4.78 is 0. The van der Waals surface area contributed by atoms with E-state index in [9.17, 15) is 0 Å². The summed E-state index contributed by atoms with van der Waals surface area (Å²) in [5, 5.41) is 0. The highest BCUT2D eigenvalue weighted by Crippen LogP contribution is 2.47. The highest BCUT2D eigenvalue weighted by molar-refractivity contribution is 7.00. The van der Waals surface area contributed by atoms with Crippen molar-refractivity contribution in [3.8, 4) is 11.1 Å². The molecule has 0 radical (unpaired) electrons. The molecule has 8 rings (SSSR count). The van der Waals surface area contributed by atoms with E-state index in [1.165, 1.54) is 95.0 Å². The van der Waals surface area contributed by atoms with Crippen LogP contribution in [0, 0.1) is 13.8 Å². The van der Waals surface area contributed by atoms with Crippen molar-refractivity contribution in [2.45, 2.75) is 119 Å². The Morgan fingerprint density at radius 2 is 0.684 bits per heavy atom. The van der Waals surface area contributed by atoms with Gasteiger partial charge in [-0.05, 0) is 134 Å². The van der Waals surface area contributed by atoms with Gasteiger partial charge in [0.1, 0.15) is 0 Å². The third-order valence-corrected chi connectivity index (χ3v) is 12.3. The molecular formula is C54H61BN2. The van der Waals surface area contributed by atoms with E-state index in [4.69, 9.17) is 0 Å². The van der Waals surface area contributed by atoms with Crippen molar-refractivity contribution in [3.63, 3.8) is 0 Å². The smallest absolute Gasteiger partial charge is 0.252 e. The number of rotatable bonds is 3. The van der Waals surface area contributed by atoms with E-state index >= 15 is 0 Å². The Kier molecular flexibility index (Phi) is 9.04. The molecule has 2 nitrogen and oxygen atoms in total. The first-order valence-electron chi connectivity index (χ1n) is 21.0. The predicted molar refractivity (Wildman–Crippen MR) is 250 cm³/mol. The van der Waals surface area contributed by atoms with Crippen LogP contribution < -0.4 is 26.2 Å². The Morgan fingerprint density at radius 1 is 0.351 bits per heavy atom. The quantitative estimate of drug-likeness (QED) is 0.166. The Labute approximate surface area is 344 Å². The van der Waals surface area contributed by atoms with E-state index in [0.29, 0.717) is 0 Å². The fourth-order valence-corrected chi connectivity index (χ4v) is 9.02. The van der Waals surface area contributed by atoms with Crippen LogP contribution in [-0.2, 0) is 21.7 Å². The van der Waals surface area contributed by atoms with Gasteiger partial charge in [-0.1, -0.05) is 161 Å². The zero-order chi connectivity index (χ0) is 41.0. The molecule has 3 heteroatoms. The Balaban J connectivity index is 1.51. The number of anilines is 6. The second-order valence-corrected chi connectivity index (χ2v) is 21.0. The van der Waals surface area contributed by atoms with Crippen molar-refractivity contribution in [2.75, 3.05) is 9.80 Å². The minimum Gasteiger partial charge on any atom is -0.311 e. The molecule has 0 spiro atoms. The van der Waals surface area contributed by atoms with Gasteiger partial charge in [0, 0.05) is 34.1 Å². The maximum Gasteiger partial charge on any atom is 0.252 e. The van der Waals surface area contributed by atoms with Crippen molar-refractivity contribution in [3.05, 3.63) is 149 Å². The minimum absolute atomic E-state index is 0.00417. The summed E-state index contributed by atoms with van der Waals surface area (Å²) in [5.74, 6) is 0. The van der Waals surface area contributed by atoms with E-state index in [1.807, 2.05) is 0 Å². The van der Waals surface area contributed by atoms with E-state index in [-0.39, 0.29) is 28.4 Å². The van der Waals surface area contributed by atoms with Crippen molar-refractivity contribution in [1.82, 2.24) is 0 Å². The Bertz CT molecular complexity index is 2340. The average molecular weight is 749 g/mol. The van der Waals surface area contributed by atoms with Gasteiger partial charge in [-0.15, -0.1) is 0 Å². The van der Waals surface area contributed by atoms with Crippen LogP contribution >= 0.6 is 0 Å². The molecule has 0 N–H and O–H groups in total. The molecule has 6 aromatic carbocycles. The third kappa shape index (κ3) is 6.92. The second kappa shape index (κ2) is 13.3. The van der Waals surface area contributed by atoms with Crippen LogP contribution in [0.3, 0.4) is 0 Å². The lowest BCUT2D eigenvalue weighted by Crippen LogP contribution is -2.61. The lowest BCUT2D eigenvalue weighted by Gasteiger charge is -2.45. The predicted octanol–water partition coefficient (Wildman–Crippen LogP) is 13.2. The van der Waals surface area contributed by atoms with Crippen LogP contribution in [0.4, 0.5) is 34.1 Å². The molecule has 0 aliphatic carbocycles. The number of hydrogen-bond acceptors (Lipinski definition) is 2. The number of aryl methyl sites for hydroxylation is 2. The van der Waals surface area contributed by atoms with Crippen LogP contribution in [0.15, 0.2) is 115 Å². The van der Waals surface area contributed by atoms with Gasteiger partial charge in [0.05, 0.1) is 0 Å². The Hall–Kier alpha value is -5.02. The molecule has 0 aromatic heterocycles. The van der Waals surface area contributed by atoms with Gasteiger partial charge < -0.3 is 9.80 Å². The van der Waals surface area contributed by atoms with E-state index < -0.39 is 0 Å². The largest absolute Gasteiger partial charge is 0.311 e. The summed E-state index contributed by atoms with van der Waals surface area (Å²) in [5.41, 5.74) is 22.0. The molecule has 0 amide bonds. The van der Waals surface area contributed by atoms with Crippen LogP contribution in [0.2, 0.25) is 0 Å². The highest BCUT2D eigenvalue weighted by atomic mass is 15.2. The highest BCUT2D eigenvalue weighted by Gasteiger charge is 2.44. The minimum atomic E-state index is -0.00417. The number of benzene rings is 6. The van der Waals surface area contributed by atoms with Gasteiger partial charge in [0.15, 0.2) is 0 Å². The number of hydrogen-bond donors (Lipinski definition) is 0. The monoisotopic (exact) mass is 748 g/mol. The molecule has 0 saturated heterocycles. The average Bonchev–Trinajstić information content (AvgIpc) is 3.12. The molecule has 0 atom stereocenters. The summed E-state index contributed by atoms with van der Waals surface area (Å²) >= 11 is 0. The van der Waals surface area contributed by atoms with Crippen LogP contribution in [0.25, 0.3) is 11.1 Å². The standard InChI is InChI=1S/C54H61BN2/c1-34-27-35(2)29-36(28-34)37-30-48-50-49(31-37)57(43-23-17-39(18-24-43)52(6,7)8)47-26-20-41(54(12,13)14)33-45(47)55(50)44-32-40(53(9,10)11)19-25-46(44)56(48)42-21-15-38(16-22-42)51(3,4)5/h15-33H,1-14H3. The molecule has 57 heavy (non-hydrogen) atoms. The summed E-state index contributed by atoms with van der Waals surface area (Å²) in [7, 11) is 0. The fourth-order valence-electron chi connectivity index (χ4n) is 9.02. The molecule has 0 saturated carbocycles. The zero-order valence-electron chi connectivity index (χ0n) is 36.9. The first-order valence-corrected chi connectivity index (χ1v) is 21.0. The van der Waals surface area contributed by atoms with E-state index in [0.717, 1.165) is 0 Å². The van der Waals surface area contributed by atoms with Crippen molar-refractivity contribution in [2.24, 2.45) is 0 Å². The van der Waals surface area contributed by atoms with Gasteiger partial charge in [0.2, 0.25) is 0 Å². The van der Waals surface area contributed by atoms with E-state index in [1.54, 1.807) is 0 Å². The van der Waals surface area contributed by atoms with Crippen molar-refractivity contribution >= 4 is 57.2 Å². The van der Waals surface area contributed by atoms with Crippen LogP contribution in [0.1, 0.15) is 116 Å². The van der Waals surface area contributed by atoms with Crippen molar-refractivity contribution in [1.29, 1.82) is 0 Å². The fraction of sp³-hybridized carbons (Fsp3) is 0.333. The normalized spacial score (nSPS) is 14.0. The van der Waals surface area contributed by atoms with E-state index in [2.05, 4.69) is 222 Å². The molecule has 0 bridgehead atoms. The molecule has 2 heterocycles. The summed E-state index contributed by atoms with van der Waals surface area (Å²) in [6, 6.07) is 45.3. The van der Waals surface area contributed by atoms with Gasteiger partial charge in [0.25, 0.3) is 6.71 Å². The molecular weight excluding hydrogens is 687 g/mol. The summed E-state index contributed by atoms with van der Waals surface area (Å²) in [4.78, 5) is 5.13. The molecule has 0 unspecified atom stereocenters. The first-order chi connectivity index (χ1) is 26.6. The molecule has 290 valence electrons. The SMILES string of the molecule is Cc1cc(C)cc(-c2cc3c4c(c2)N(c2ccc(C(C)(C)C)cc2)c2ccc(C(C)(C)C)cc2B4c2cc(C(C)(C)C)ccc2N3c2ccc(C(C)(C)C)cc2)c1. The van der Waals surface area contributed by atoms with Gasteiger partial charge in [-0.2, -0.15) is 0 Å². The van der Waals surface area contributed by atoms with Crippen molar-refractivity contribution < 1.29 is 0 Å². The van der Waals surface area contributed by atoms with Gasteiger partial charge in [-0.25, -0.2) is 0 Å². The summed E-state index contributed by atoms with van der Waals surface area (Å²) in [6.45, 7) is 32.3. The summed E-state index contributed by atoms with van der Waals surface area (Å²) in [6.07, 6.45) is 0. The lowest BCUT2D eigenvalue weighted by molar-refractivity contribution is 0.590. The topological polar surface area (TPSA) is 6.48 Å². The third-order valence-electron chi connectivity index (χ3n) is 12.3. The number of fused-ring (bicyclic) bond motifs is 4. The van der Waals surface area contributed by atoms with Crippen LogP contribution in [0.5, 0.6) is 0 Å². The van der Waals surface area contributed by atoms with Gasteiger partial charge >= 0.3 is 0 Å². The zero-order valence-corrected chi connectivity index (χ0v) is 36.9. The maximum absolute atomic E-state index is 2.56. The van der Waals surface area contributed by atoms with Crippen LogP contribution in [-0.4, -0.2) is 6.71 Å².